The summed E-state index contributed by atoms with van der Waals surface area (Å²) in [5.41, 5.74) is 0. The van der Waals surface area contributed by atoms with Gasteiger partial charge in [-0.15, -0.1) is 33.2 Å². The quantitative estimate of drug-likeness (QED) is 0.221. The van der Waals surface area contributed by atoms with E-state index in [1.165, 1.54) is 0 Å². The molecule has 0 N–H and O–H groups in total. The summed E-state index contributed by atoms with van der Waals surface area (Å²) in [6.07, 6.45) is 3.86. The molecule has 94 valence electrons. The molecule has 2 nitrogen and oxygen atoms in total. The molecule has 1 atom stereocenters. The molecule has 0 aromatic rings. The Kier molecular flexibility index (Phi) is 8.55. The predicted molar refractivity (Wildman–Crippen MR) is 72.3 cm³/mol. The van der Waals surface area contributed by atoms with Crippen molar-refractivity contribution in [2.24, 2.45) is 5.92 Å². The first-order valence-electron chi connectivity index (χ1n) is 5.25. The Balaban J connectivity index is 3.71. The normalized spacial score (nSPS) is 13.2. The molecule has 6 heteroatoms. The van der Waals surface area contributed by atoms with Crippen molar-refractivity contribution in [3.63, 3.8) is 0 Å². The van der Waals surface area contributed by atoms with Gasteiger partial charge in [0.2, 0.25) is 0 Å². The van der Waals surface area contributed by atoms with E-state index in [2.05, 4.69) is 13.5 Å². The smallest absolute Gasteiger partial charge is 0.341 e. The Morgan fingerprint density at radius 3 is 2.56 bits per heavy atom. The van der Waals surface area contributed by atoms with Crippen molar-refractivity contribution >= 4 is 45.2 Å². The van der Waals surface area contributed by atoms with Crippen LogP contribution in [0.4, 0.5) is 0 Å². The Morgan fingerprint density at radius 2 is 2.12 bits per heavy atom. The molecule has 16 heavy (non-hydrogen) atoms. The average Bonchev–Trinajstić information content (AvgIpc) is 2.20. The van der Waals surface area contributed by atoms with Gasteiger partial charge in [-0.3, -0.25) is 0 Å². The summed E-state index contributed by atoms with van der Waals surface area (Å²) >= 11 is 17.6. The molecule has 0 bridgehead atoms. The molecule has 0 aromatic heterocycles. The topological polar surface area (TPSA) is 26.3 Å². The van der Waals surface area contributed by atoms with Crippen LogP contribution >= 0.6 is 33.2 Å². The molecule has 0 saturated carbocycles. The Bertz CT molecular complexity index is 229. The van der Waals surface area contributed by atoms with Crippen LogP contribution in [0.2, 0.25) is 6.04 Å². The molecule has 0 radical (unpaired) electrons. The van der Waals surface area contributed by atoms with Gasteiger partial charge in [0.15, 0.2) is 0 Å². The van der Waals surface area contributed by atoms with Crippen LogP contribution in [-0.2, 0) is 9.53 Å². The van der Waals surface area contributed by atoms with Crippen molar-refractivity contribution < 1.29 is 9.53 Å². The van der Waals surface area contributed by atoms with E-state index >= 15 is 0 Å². The fourth-order valence-electron chi connectivity index (χ4n) is 1.38. The average molecular weight is 304 g/mol. The van der Waals surface area contributed by atoms with Crippen LogP contribution in [0.3, 0.4) is 0 Å². The maximum Gasteiger partial charge on any atom is 0.341 e. The number of hydrogen-bond acceptors (Lipinski definition) is 2. The van der Waals surface area contributed by atoms with E-state index in [9.17, 15) is 4.79 Å². The molecule has 0 aliphatic carbocycles. The molecular formula is C10H17Cl3O2Si. The lowest BCUT2D eigenvalue weighted by atomic mass is 10.0. The number of carbonyl (C=O) groups excluding carboxylic acids is 1. The van der Waals surface area contributed by atoms with Gasteiger partial charge in [0, 0.05) is 6.08 Å². The van der Waals surface area contributed by atoms with Crippen LogP contribution in [0.15, 0.2) is 12.7 Å². The third-order valence-electron chi connectivity index (χ3n) is 2.27. The van der Waals surface area contributed by atoms with Crippen molar-refractivity contribution in [1.29, 1.82) is 0 Å². The standard InChI is InChI=1S/C10H17Cl3O2Si/c1-3-9(8-16(11,12)13)6-5-7-15-10(14)4-2/h4,9H,2-3,5-8H2,1H3. The second kappa shape index (κ2) is 8.40. The van der Waals surface area contributed by atoms with Gasteiger partial charge in [-0.2, -0.15) is 0 Å². The van der Waals surface area contributed by atoms with Crippen molar-refractivity contribution in [3.8, 4) is 0 Å². The van der Waals surface area contributed by atoms with Crippen molar-refractivity contribution in [3.05, 3.63) is 12.7 Å². The fourth-order valence-corrected chi connectivity index (χ4v) is 4.49. The lowest BCUT2D eigenvalue weighted by Crippen LogP contribution is -2.16. The van der Waals surface area contributed by atoms with E-state index in [0.29, 0.717) is 18.6 Å². The molecule has 0 aliphatic rings. The number of ether oxygens (including phenoxy) is 1. The highest BCUT2D eigenvalue weighted by Gasteiger charge is 2.28. The zero-order valence-corrected chi connectivity index (χ0v) is 12.6. The summed E-state index contributed by atoms with van der Waals surface area (Å²) in [4.78, 5) is 10.8. The molecule has 0 heterocycles. The van der Waals surface area contributed by atoms with Crippen LogP contribution in [-0.4, -0.2) is 18.6 Å². The first kappa shape index (κ1) is 16.3. The largest absolute Gasteiger partial charge is 0.463 e. The maximum absolute atomic E-state index is 10.8. The first-order chi connectivity index (χ1) is 7.39. The van der Waals surface area contributed by atoms with E-state index in [1.807, 2.05) is 0 Å². The van der Waals surface area contributed by atoms with Crippen molar-refractivity contribution in [2.75, 3.05) is 6.61 Å². The van der Waals surface area contributed by atoms with E-state index in [1.54, 1.807) is 0 Å². The van der Waals surface area contributed by atoms with Crippen LogP contribution in [0.5, 0.6) is 0 Å². The van der Waals surface area contributed by atoms with Gasteiger partial charge in [-0.05, 0) is 24.8 Å². The van der Waals surface area contributed by atoms with Crippen LogP contribution < -0.4 is 0 Å². The first-order valence-corrected chi connectivity index (χ1v) is 10.5. The van der Waals surface area contributed by atoms with Gasteiger partial charge in [0.1, 0.15) is 0 Å². The van der Waals surface area contributed by atoms with Crippen LogP contribution in [0, 0.1) is 5.92 Å². The minimum Gasteiger partial charge on any atom is -0.463 e. The number of rotatable bonds is 8. The van der Waals surface area contributed by atoms with E-state index in [-0.39, 0.29) is 5.97 Å². The van der Waals surface area contributed by atoms with E-state index in [4.69, 9.17) is 38.0 Å². The summed E-state index contributed by atoms with van der Waals surface area (Å²) in [6, 6.07) is -1.87. The highest BCUT2D eigenvalue weighted by Crippen LogP contribution is 2.32. The summed E-state index contributed by atoms with van der Waals surface area (Å²) in [5, 5.41) is 0. The molecule has 0 rings (SSSR count). The third kappa shape index (κ3) is 9.52. The Hall–Kier alpha value is 0.297. The monoisotopic (exact) mass is 302 g/mol. The predicted octanol–water partition coefficient (Wildman–Crippen LogP) is 4.18. The Labute approximate surface area is 112 Å². The highest BCUT2D eigenvalue weighted by molar-refractivity contribution is 7.64. The van der Waals surface area contributed by atoms with Crippen LogP contribution in [0.25, 0.3) is 0 Å². The van der Waals surface area contributed by atoms with E-state index < -0.39 is 6.00 Å². The molecule has 0 saturated heterocycles. The van der Waals surface area contributed by atoms with Gasteiger partial charge in [0.25, 0.3) is 0 Å². The minimum absolute atomic E-state index is 0.385. The molecule has 1 unspecified atom stereocenters. The van der Waals surface area contributed by atoms with E-state index in [0.717, 1.165) is 25.3 Å². The molecule has 0 fully saturated rings. The second-order valence-electron chi connectivity index (χ2n) is 3.61. The van der Waals surface area contributed by atoms with Crippen LogP contribution in [0.1, 0.15) is 26.2 Å². The van der Waals surface area contributed by atoms with Gasteiger partial charge < -0.3 is 4.74 Å². The molecule has 0 spiro atoms. The Morgan fingerprint density at radius 1 is 1.50 bits per heavy atom. The van der Waals surface area contributed by atoms with Gasteiger partial charge in [-0.1, -0.05) is 19.9 Å². The number of carbonyl (C=O) groups is 1. The maximum atomic E-state index is 10.8. The zero-order chi connectivity index (χ0) is 12.6. The highest BCUT2D eigenvalue weighted by atomic mass is 35.8. The van der Waals surface area contributed by atoms with Gasteiger partial charge in [-0.25, -0.2) is 4.79 Å². The minimum atomic E-state index is -2.54. The molecule has 0 amide bonds. The molecule has 0 aromatic carbocycles. The number of halogens is 3. The summed E-state index contributed by atoms with van der Waals surface area (Å²) in [5.74, 6) is 0.0189. The fraction of sp³-hybridized carbons (Fsp3) is 0.700. The van der Waals surface area contributed by atoms with Crippen molar-refractivity contribution in [1.82, 2.24) is 0 Å². The molecule has 0 aliphatic heterocycles. The molecular weight excluding hydrogens is 287 g/mol. The van der Waals surface area contributed by atoms with Gasteiger partial charge in [0.05, 0.1) is 6.61 Å². The third-order valence-corrected chi connectivity index (χ3v) is 4.69. The lowest BCUT2D eigenvalue weighted by Gasteiger charge is -2.17. The summed E-state index contributed by atoms with van der Waals surface area (Å²) < 4.78 is 4.87. The number of esters is 1. The lowest BCUT2D eigenvalue weighted by molar-refractivity contribution is -0.137. The van der Waals surface area contributed by atoms with Gasteiger partial charge >= 0.3 is 12.0 Å². The zero-order valence-electron chi connectivity index (χ0n) is 9.35. The summed E-state index contributed by atoms with van der Waals surface area (Å²) in [7, 11) is 0. The summed E-state index contributed by atoms with van der Waals surface area (Å²) in [6.45, 7) is 5.80. The van der Waals surface area contributed by atoms with Crippen molar-refractivity contribution in [2.45, 2.75) is 32.2 Å². The number of hydrogen-bond donors (Lipinski definition) is 0. The SMILES string of the molecule is C=CC(=O)OCCCC(CC)C[Si](Cl)(Cl)Cl. The second-order valence-corrected chi connectivity index (χ2v) is 12.8.